The van der Waals surface area contributed by atoms with Crippen molar-refractivity contribution in [2.75, 3.05) is 12.3 Å². The zero-order chi connectivity index (χ0) is 12.0. The van der Waals surface area contributed by atoms with Crippen molar-refractivity contribution in [3.05, 3.63) is 24.3 Å². The monoisotopic (exact) mass is 239 g/mol. The molecule has 0 radical (unpaired) electrons. The van der Waals surface area contributed by atoms with Gasteiger partial charge in [-0.25, -0.2) is 0 Å². The lowest BCUT2D eigenvalue weighted by atomic mass is 10.3. The number of nitrogen functional groups attached to an aromatic ring is 1. The number of carbonyl (C=O) groups excluding carboxylic acids is 1. The molecule has 0 bridgehead atoms. The van der Waals surface area contributed by atoms with E-state index < -0.39 is 0 Å². The molecule has 0 fully saturated rings. The average Bonchev–Trinajstić information content (AvgIpc) is 2.28. The Balaban J connectivity index is 2.62. The minimum absolute atomic E-state index is 0.136. The van der Waals surface area contributed by atoms with Crippen molar-refractivity contribution in [1.29, 1.82) is 0 Å². The van der Waals surface area contributed by atoms with Crippen LogP contribution in [-0.4, -0.2) is 17.8 Å². The first-order valence-corrected chi connectivity index (χ1v) is 6.24. The molecule has 0 aliphatic rings. The van der Waals surface area contributed by atoms with E-state index in [0.29, 0.717) is 6.61 Å². The molecule has 0 saturated carbocycles. The largest absolute Gasteiger partial charge is 0.465 e. The second-order valence-corrected chi connectivity index (χ2v) is 4.61. The first-order valence-electron chi connectivity index (χ1n) is 5.36. The lowest BCUT2D eigenvalue weighted by molar-refractivity contribution is -0.142. The molecule has 1 rings (SSSR count). The SMILES string of the molecule is CCOC(=O)C(CC)Sc1ccc(N)cc1. The quantitative estimate of drug-likeness (QED) is 0.487. The Hall–Kier alpha value is -1.16. The van der Waals surface area contributed by atoms with Crippen LogP contribution >= 0.6 is 11.8 Å². The molecule has 1 unspecified atom stereocenters. The molecule has 4 heteroatoms. The zero-order valence-corrected chi connectivity index (χ0v) is 10.4. The van der Waals surface area contributed by atoms with Crippen molar-refractivity contribution in [2.45, 2.75) is 30.4 Å². The van der Waals surface area contributed by atoms with Crippen molar-refractivity contribution < 1.29 is 9.53 Å². The fraction of sp³-hybridized carbons (Fsp3) is 0.417. The molecule has 88 valence electrons. The van der Waals surface area contributed by atoms with Gasteiger partial charge in [0.15, 0.2) is 0 Å². The lowest BCUT2D eigenvalue weighted by Crippen LogP contribution is -2.19. The summed E-state index contributed by atoms with van der Waals surface area (Å²) in [5, 5.41) is -0.136. The molecule has 0 spiro atoms. The van der Waals surface area contributed by atoms with E-state index >= 15 is 0 Å². The van der Waals surface area contributed by atoms with E-state index in [1.165, 1.54) is 11.8 Å². The lowest BCUT2D eigenvalue weighted by Gasteiger charge is -2.12. The summed E-state index contributed by atoms with van der Waals surface area (Å²) < 4.78 is 5.01. The highest BCUT2D eigenvalue weighted by atomic mass is 32.2. The maximum absolute atomic E-state index is 11.6. The third-order valence-electron chi connectivity index (χ3n) is 2.08. The van der Waals surface area contributed by atoms with Gasteiger partial charge in [-0.15, -0.1) is 11.8 Å². The predicted octanol–water partition coefficient (Wildman–Crippen LogP) is 2.70. The Morgan fingerprint density at radius 3 is 2.50 bits per heavy atom. The molecule has 1 atom stereocenters. The van der Waals surface area contributed by atoms with Crippen LogP contribution in [0, 0.1) is 0 Å². The molecule has 1 aromatic carbocycles. The van der Waals surface area contributed by atoms with Gasteiger partial charge in [-0.1, -0.05) is 6.92 Å². The molecule has 0 aliphatic heterocycles. The summed E-state index contributed by atoms with van der Waals surface area (Å²) in [6.45, 7) is 4.22. The van der Waals surface area contributed by atoms with Gasteiger partial charge < -0.3 is 10.5 Å². The molecular formula is C12H17NO2S. The minimum Gasteiger partial charge on any atom is -0.465 e. The fourth-order valence-corrected chi connectivity index (χ4v) is 2.20. The van der Waals surface area contributed by atoms with Crippen LogP contribution in [0.15, 0.2) is 29.2 Å². The molecule has 0 aliphatic carbocycles. The maximum atomic E-state index is 11.6. The number of anilines is 1. The summed E-state index contributed by atoms with van der Waals surface area (Å²) in [6.07, 6.45) is 0.758. The Labute approximate surface area is 100 Å². The number of esters is 1. The number of rotatable bonds is 5. The number of nitrogens with two attached hydrogens (primary N) is 1. The third-order valence-corrected chi connectivity index (χ3v) is 3.43. The maximum Gasteiger partial charge on any atom is 0.319 e. The van der Waals surface area contributed by atoms with Crippen LogP contribution in [0.25, 0.3) is 0 Å². The van der Waals surface area contributed by atoms with Crippen LogP contribution in [0.1, 0.15) is 20.3 Å². The molecular weight excluding hydrogens is 222 g/mol. The molecule has 3 nitrogen and oxygen atoms in total. The second-order valence-electron chi connectivity index (χ2n) is 3.34. The van der Waals surface area contributed by atoms with Gasteiger partial charge in [-0.05, 0) is 37.6 Å². The van der Waals surface area contributed by atoms with Gasteiger partial charge in [0.25, 0.3) is 0 Å². The highest BCUT2D eigenvalue weighted by Gasteiger charge is 2.18. The number of hydrogen-bond donors (Lipinski definition) is 1. The van der Waals surface area contributed by atoms with Gasteiger partial charge in [0.2, 0.25) is 0 Å². The highest BCUT2D eigenvalue weighted by Crippen LogP contribution is 2.26. The zero-order valence-electron chi connectivity index (χ0n) is 9.60. The van der Waals surface area contributed by atoms with Gasteiger partial charge in [-0.3, -0.25) is 4.79 Å². The predicted molar refractivity (Wildman–Crippen MR) is 67.4 cm³/mol. The number of benzene rings is 1. The summed E-state index contributed by atoms with van der Waals surface area (Å²) in [5.41, 5.74) is 6.33. The summed E-state index contributed by atoms with van der Waals surface area (Å²) >= 11 is 1.52. The Bertz CT molecular complexity index is 337. The summed E-state index contributed by atoms with van der Waals surface area (Å²) in [6, 6.07) is 7.50. The van der Waals surface area contributed by atoms with Gasteiger partial charge in [-0.2, -0.15) is 0 Å². The number of thioether (sulfide) groups is 1. The van der Waals surface area contributed by atoms with Crippen LogP contribution in [0.2, 0.25) is 0 Å². The second kappa shape index (κ2) is 6.43. The summed E-state index contributed by atoms with van der Waals surface area (Å²) in [7, 11) is 0. The Morgan fingerprint density at radius 1 is 1.38 bits per heavy atom. The van der Waals surface area contributed by atoms with E-state index in [0.717, 1.165) is 17.0 Å². The van der Waals surface area contributed by atoms with E-state index in [1.54, 1.807) is 0 Å². The first kappa shape index (κ1) is 12.9. The number of ether oxygens (including phenoxy) is 1. The van der Waals surface area contributed by atoms with Crippen molar-refractivity contribution in [1.82, 2.24) is 0 Å². The van der Waals surface area contributed by atoms with Crippen LogP contribution < -0.4 is 5.73 Å². The van der Waals surface area contributed by atoms with Gasteiger partial charge in [0, 0.05) is 10.6 Å². The summed E-state index contributed by atoms with van der Waals surface area (Å²) in [5.74, 6) is -0.146. The van der Waals surface area contributed by atoms with Crippen molar-refractivity contribution in [3.63, 3.8) is 0 Å². The van der Waals surface area contributed by atoms with Crippen molar-refractivity contribution in [2.24, 2.45) is 0 Å². The molecule has 0 amide bonds. The van der Waals surface area contributed by atoms with Crippen LogP contribution in [-0.2, 0) is 9.53 Å². The minimum atomic E-state index is -0.146. The highest BCUT2D eigenvalue weighted by molar-refractivity contribution is 8.00. The molecule has 1 aromatic rings. The number of hydrogen-bond acceptors (Lipinski definition) is 4. The Morgan fingerprint density at radius 2 is 2.00 bits per heavy atom. The standard InChI is InChI=1S/C12H17NO2S/c1-3-11(12(14)15-4-2)16-10-7-5-9(13)6-8-10/h5-8,11H,3-4,13H2,1-2H3. The van der Waals surface area contributed by atoms with Crippen LogP contribution in [0.4, 0.5) is 5.69 Å². The van der Waals surface area contributed by atoms with Crippen molar-refractivity contribution in [3.8, 4) is 0 Å². The Kier molecular flexibility index (Phi) is 5.19. The van der Waals surface area contributed by atoms with E-state index in [2.05, 4.69) is 0 Å². The van der Waals surface area contributed by atoms with E-state index in [4.69, 9.17) is 10.5 Å². The van der Waals surface area contributed by atoms with Gasteiger partial charge >= 0.3 is 5.97 Å². The van der Waals surface area contributed by atoms with E-state index in [-0.39, 0.29) is 11.2 Å². The molecule has 2 N–H and O–H groups in total. The first-order chi connectivity index (χ1) is 7.67. The molecule has 0 saturated heterocycles. The fourth-order valence-electron chi connectivity index (χ4n) is 1.24. The smallest absolute Gasteiger partial charge is 0.319 e. The molecule has 0 aromatic heterocycles. The third kappa shape index (κ3) is 3.77. The van der Waals surface area contributed by atoms with Crippen LogP contribution in [0.3, 0.4) is 0 Å². The van der Waals surface area contributed by atoms with Gasteiger partial charge in [0.05, 0.1) is 6.61 Å². The molecule has 0 heterocycles. The van der Waals surface area contributed by atoms with Crippen molar-refractivity contribution >= 4 is 23.4 Å². The van der Waals surface area contributed by atoms with Gasteiger partial charge in [0.1, 0.15) is 5.25 Å². The topological polar surface area (TPSA) is 52.3 Å². The number of carbonyl (C=O) groups is 1. The average molecular weight is 239 g/mol. The normalized spacial score (nSPS) is 12.1. The van der Waals surface area contributed by atoms with E-state index in [9.17, 15) is 4.79 Å². The molecule has 16 heavy (non-hydrogen) atoms. The summed E-state index contributed by atoms with van der Waals surface area (Å²) in [4.78, 5) is 12.6. The van der Waals surface area contributed by atoms with E-state index in [1.807, 2.05) is 38.1 Å². The van der Waals surface area contributed by atoms with Crippen LogP contribution in [0.5, 0.6) is 0 Å².